The summed E-state index contributed by atoms with van der Waals surface area (Å²) in [5, 5.41) is 8.75. The van der Waals surface area contributed by atoms with E-state index in [0.717, 1.165) is 24.1 Å². The van der Waals surface area contributed by atoms with Gasteiger partial charge in [0, 0.05) is 18.2 Å². The Morgan fingerprint density at radius 2 is 1.81 bits per heavy atom. The largest absolute Gasteiger partial charge is 0.350 e. The molecule has 114 valence electrons. The summed E-state index contributed by atoms with van der Waals surface area (Å²) in [6, 6.07) is 7.56. The first-order chi connectivity index (χ1) is 9.92. The molecule has 3 N–H and O–H groups in total. The number of nitrogens with one attached hydrogen (secondary N) is 3. The Labute approximate surface area is 125 Å². The molecule has 1 saturated carbocycles. The summed E-state index contributed by atoms with van der Waals surface area (Å²) >= 11 is 0. The van der Waals surface area contributed by atoms with Crippen molar-refractivity contribution in [3.63, 3.8) is 0 Å². The smallest absolute Gasteiger partial charge is 0.239 e. The third-order valence-electron chi connectivity index (χ3n) is 3.82. The molecular formula is C16H23N3O2. The van der Waals surface area contributed by atoms with Gasteiger partial charge in [-0.25, -0.2) is 0 Å². The minimum absolute atomic E-state index is 0.0453. The summed E-state index contributed by atoms with van der Waals surface area (Å²) < 4.78 is 0. The van der Waals surface area contributed by atoms with Gasteiger partial charge in [0.25, 0.3) is 0 Å². The highest BCUT2D eigenvalue weighted by Crippen LogP contribution is 2.30. The van der Waals surface area contributed by atoms with E-state index >= 15 is 0 Å². The van der Waals surface area contributed by atoms with E-state index in [1.54, 1.807) is 7.05 Å². The van der Waals surface area contributed by atoms with Crippen molar-refractivity contribution in [1.82, 2.24) is 10.6 Å². The molecular weight excluding hydrogens is 266 g/mol. The highest BCUT2D eigenvalue weighted by atomic mass is 16.2. The van der Waals surface area contributed by atoms with Crippen LogP contribution >= 0.6 is 0 Å². The van der Waals surface area contributed by atoms with Gasteiger partial charge in [-0.15, -0.1) is 0 Å². The van der Waals surface area contributed by atoms with Gasteiger partial charge in [0.1, 0.15) is 0 Å². The van der Waals surface area contributed by atoms with Gasteiger partial charge in [0.05, 0.1) is 5.54 Å². The average molecular weight is 289 g/mol. The number of rotatable bonds is 6. The lowest BCUT2D eigenvalue weighted by Gasteiger charge is -2.22. The third kappa shape index (κ3) is 4.29. The van der Waals surface area contributed by atoms with Crippen molar-refractivity contribution < 1.29 is 9.59 Å². The van der Waals surface area contributed by atoms with Crippen LogP contribution in [0.2, 0.25) is 0 Å². The standard InChI is InChI=1S/C16H23N3O2/c1-16(2,17-3)15(21)18-10-11-4-8-13(9-5-11)19-14(20)12-6-7-12/h4-5,8-9,12,17H,6-7,10H2,1-3H3,(H,18,21)(H,19,20). The molecule has 1 fully saturated rings. The van der Waals surface area contributed by atoms with Crippen LogP contribution in [0.5, 0.6) is 0 Å². The fourth-order valence-corrected chi connectivity index (χ4v) is 1.81. The van der Waals surface area contributed by atoms with Gasteiger partial charge >= 0.3 is 0 Å². The van der Waals surface area contributed by atoms with E-state index in [4.69, 9.17) is 0 Å². The van der Waals surface area contributed by atoms with Gasteiger partial charge in [-0.05, 0) is 51.4 Å². The minimum Gasteiger partial charge on any atom is -0.350 e. The molecule has 1 aromatic carbocycles. The predicted octanol–water partition coefficient (Wildman–Crippen LogP) is 1.65. The van der Waals surface area contributed by atoms with Crippen molar-refractivity contribution in [1.29, 1.82) is 0 Å². The average Bonchev–Trinajstić information content (AvgIpc) is 3.30. The van der Waals surface area contributed by atoms with Gasteiger partial charge in [-0.3, -0.25) is 9.59 Å². The fourth-order valence-electron chi connectivity index (χ4n) is 1.81. The van der Waals surface area contributed by atoms with Gasteiger partial charge in [-0.2, -0.15) is 0 Å². The first-order valence-electron chi connectivity index (χ1n) is 7.29. The topological polar surface area (TPSA) is 70.2 Å². The summed E-state index contributed by atoms with van der Waals surface area (Å²) in [5.41, 5.74) is 1.22. The molecule has 2 amide bonds. The van der Waals surface area contributed by atoms with E-state index in [-0.39, 0.29) is 17.7 Å². The predicted molar refractivity (Wildman–Crippen MR) is 82.8 cm³/mol. The minimum atomic E-state index is -0.585. The monoisotopic (exact) mass is 289 g/mol. The molecule has 21 heavy (non-hydrogen) atoms. The van der Waals surface area contributed by atoms with Gasteiger partial charge in [0.15, 0.2) is 0 Å². The van der Waals surface area contributed by atoms with E-state index in [1.807, 2.05) is 38.1 Å². The Morgan fingerprint density at radius 1 is 1.19 bits per heavy atom. The van der Waals surface area contributed by atoms with Crippen LogP contribution in [0.3, 0.4) is 0 Å². The van der Waals surface area contributed by atoms with Gasteiger partial charge in [-0.1, -0.05) is 12.1 Å². The summed E-state index contributed by atoms with van der Waals surface area (Å²) in [6.07, 6.45) is 1.99. The lowest BCUT2D eigenvalue weighted by atomic mass is 10.1. The van der Waals surface area contributed by atoms with E-state index in [9.17, 15) is 9.59 Å². The molecule has 0 radical (unpaired) electrons. The molecule has 0 saturated heterocycles. The Morgan fingerprint density at radius 3 is 2.33 bits per heavy atom. The van der Waals surface area contributed by atoms with Gasteiger partial charge < -0.3 is 16.0 Å². The van der Waals surface area contributed by atoms with Crippen LogP contribution in [0.4, 0.5) is 5.69 Å². The van der Waals surface area contributed by atoms with Crippen LogP contribution in [-0.4, -0.2) is 24.4 Å². The molecule has 1 aromatic rings. The lowest BCUT2D eigenvalue weighted by molar-refractivity contribution is -0.126. The Kier molecular flexibility index (Phi) is 4.63. The van der Waals surface area contributed by atoms with E-state index < -0.39 is 5.54 Å². The summed E-state index contributed by atoms with van der Waals surface area (Å²) in [5.74, 6) is 0.260. The van der Waals surface area contributed by atoms with Crippen LogP contribution in [0.25, 0.3) is 0 Å². The first kappa shape index (κ1) is 15.5. The van der Waals surface area contributed by atoms with Crippen molar-refractivity contribution in [3.05, 3.63) is 29.8 Å². The molecule has 1 aliphatic carbocycles. The number of likely N-dealkylation sites (N-methyl/N-ethyl adjacent to an activating group) is 1. The number of carbonyl (C=O) groups excluding carboxylic acids is 2. The van der Waals surface area contributed by atoms with Crippen LogP contribution in [0, 0.1) is 5.92 Å². The number of hydrogen-bond acceptors (Lipinski definition) is 3. The second-order valence-electron chi connectivity index (χ2n) is 6.02. The molecule has 0 bridgehead atoms. The van der Waals surface area contributed by atoms with Gasteiger partial charge in [0.2, 0.25) is 11.8 Å². The summed E-state index contributed by atoms with van der Waals surface area (Å²) in [4.78, 5) is 23.6. The van der Waals surface area contributed by atoms with Crippen molar-refractivity contribution >= 4 is 17.5 Å². The molecule has 2 rings (SSSR count). The molecule has 5 nitrogen and oxygen atoms in total. The molecule has 0 heterocycles. The highest BCUT2D eigenvalue weighted by molar-refractivity contribution is 5.94. The lowest BCUT2D eigenvalue weighted by Crippen LogP contribution is -2.50. The molecule has 0 aromatic heterocycles. The Bertz CT molecular complexity index is 519. The summed E-state index contributed by atoms with van der Waals surface area (Å²) in [7, 11) is 1.76. The third-order valence-corrected chi connectivity index (χ3v) is 3.82. The second-order valence-corrected chi connectivity index (χ2v) is 6.02. The number of hydrogen-bond donors (Lipinski definition) is 3. The highest BCUT2D eigenvalue weighted by Gasteiger charge is 2.29. The number of anilines is 1. The Balaban J connectivity index is 1.84. The fraction of sp³-hybridized carbons (Fsp3) is 0.500. The molecule has 0 spiro atoms. The second kappa shape index (κ2) is 6.26. The van der Waals surface area contributed by atoms with Crippen LogP contribution in [0.15, 0.2) is 24.3 Å². The summed E-state index contributed by atoms with van der Waals surface area (Å²) in [6.45, 7) is 4.14. The van der Waals surface area contributed by atoms with Crippen molar-refractivity contribution in [2.75, 3.05) is 12.4 Å². The maximum atomic E-state index is 11.9. The molecule has 0 atom stereocenters. The number of benzene rings is 1. The van der Waals surface area contributed by atoms with Crippen LogP contribution < -0.4 is 16.0 Å². The maximum Gasteiger partial charge on any atom is 0.239 e. The zero-order valence-electron chi connectivity index (χ0n) is 12.8. The maximum absolute atomic E-state index is 11.9. The zero-order valence-corrected chi connectivity index (χ0v) is 12.8. The number of amides is 2. The van der Waals surface area contributed by atoms with Crippen molar-refractivity contribution in [2.24, 2.45) is 5.92 Å². The molecule has 5 heteroatoms. The zero-order chi connectivity index (χ0) is 15.5. The molecule has 0 unspecified atom stereocenters. The molecule has 0 aliphatic heterocycles. The normalized spacial score (nSPS) is 14.6. The SMILES string of the molecule is CNC(C)(C)C(=O)NCc1ccc(NC(=O)C2CC2)cc1. The van der Waals surface area contributed by atoms with Crippen LogP contribution in [0.1, 0.15) is 32.3 Å². The number of carbonyl (C=O) groups is 2. The first-order valence-corrected chi connectivity index (χ1v) is 7.29. The van der Waals surface area contributed by atoms with Crippen molar-refractivity contribution in [2.45, 2.75) is 38.8 Å². The van der Waals surface area contributed by atoms with E-state index in [0.29, 0.717) is 6.54 Å². The van der Waals surface area contributed by atoms with E-state index in [2.05, 4.69) is 16.0 Å². The quantitative estimate of drug-likeness (QED) is 0.746. The molecule has 1 aliphatic rings. The van der Waals surface area contributed by atoms with E-state index in [1.165, 1.54) is 0 Å². The van der Waals surface area contributed by atoms with Crippen LogP contribution in [-0.2, 0) is 16.1 Å². The van der Waals surface area contributed by atoms with Crippen molar-refractivity contribution in [3.8, 4) is 0 Å². The Hall–Kier alpha value is -1.88.